The van der Waals surface area contributed by atoms with E-state index in [1.807, 2.05) is 57.2 Å². The van der Waals surface area contributed by atoms with Crippen molar-refractivity contribution in [1.82, 2.24) is 15.5 Å². The Kier molecular flexibility index (Phi) is 10.6. The second-order valence-corrected chi connectivity index (χ2v) is 13.6. The molecule has 4 rings (SSSR count). The van der Waals surface area contributed by atoms with Crippen LogP contribution in [-0.2, 0) is 26.1 Å². The van der Waals surface area contributed by atoms with E-state index in [4.69, 9.17) is 4.74 Å². The first-order valence-electron chi connectivity index (χ1n) is 14.7. The molecule has 1 aliphatic heterocycles. The molecule has 10 nitrogen and oxygen atoms in total. The lowest BCUT2D eigenvalue weighted by Gasteiger charge is -2.33. The van der Waals surface area contributed by atoms with Gasteiger partial charge in [-0.05, 0) is 81.5 Å². The van der Waals surface area contributed by atoms with Gasteiger partial charge in [0.2, 0.25) is 5.91 Å². The van der Waals surface area contributed by atoms with Crippen molar-refractivity contribution in [2.75, 3.05) is 30.5 Å². The molecule has 1 heterocycles. The van der Waals surface area contributed by atoms with Crippen LogP contribution in [0.4, 0.5) is 10.5 Å². The Morgan fingerprint density at radius 1 is 0.864 bits per heavy atom. The summed E-state index contributed by atoms with van der Waals surface area (Å²) in [5.41, 5.74) is 1.05. The molecule has 3 aromatic carbocycles. The Morgan fingerprint density at radius 2 is 1.45 bits per heavy atom. The topological polar surface area (TPSA) is 125 Å². The smallest absolute Gasteiger partial charge is 0.410 e. The third kappa shape index (κ3) is 9.06. The van der Waals surface area contributed by atoms with E-state index in [2.05, 4.69) is 10.6 Å². The minimum Gasteiger partial charge on any atom is -0.444 e. The number of sulfonamides is 1. The van der Waals surface area contributed by atoms with E-state index in [-0.39, 0.29) is 41.5 Å². The first kappa shape index (κ1) is 32.5. The van der Waals surface area contributed by atoms with Gasteiger partial charge < -0.3 is 20.3 Å². The van der Waals surface area contributed by atoms with E-state index in [1.165, 1.54) is 28.6 Å². The zero-order valence-corrected chi connectivity index (χ0v) is 26.2. The van der Waals surface area contributed by atoms with Crippen molar-refractivity contribution < 1.29 is 27.5 Å². The highest BCUT2D eigenvalue weighted by molar-refractivity contribution is 7.92. The number of para-hydroxylation sites is 1. The molecule has 2 N–H and O–H groups in total. The van der Waals surface area contributed by atoms with Crippen LogP contribution in [0.5, 0.6) is 0 Å². The molecular weight excluding hydrogens is 580 g/mol. The zero-order chi connectivity index (χ0) is 31.7. The van der Waals surface area contributed by atoms with Crippen molar-refractivity contribution in [1.29, 1.82) is 0 Å². The number of hydrogen-bond donors (Lipinski definition) is 2. The van der Waals surface area contributed by atoms with Crippen LogP contribution < -0.4 is 14.9 Å². The number of likely N-dealkylation sites (tertiary alicyclic amines) is 1. The molecule has 0 saturated carbocycles. The highest BCUT2D eigenvalue weighted by Crippen LogP contribution is 2.26. The van der Waals surface area contributed by atoms with Crippen LogP contribution in [0.2, 0.25) is 0 Å². The van der Waals surface area contributed by atoms with Crippen molar-refractivity contribution in [3.05, 3.63) is 96.1 Å². The molecule has 3 aromatic rings. The largest absolute Gasteiger partial charge is 0.444 e. The molecule has 3 amide bonds. The number of rotatable bonds is 10. The molecule has 0 unspecified atom stereocenters. The number of nitrogens with one attached hydrogen (secondary N) is 2. The van der Waals surface area contributed by atoms with Crippen LogP contribution >= 0.6 is 0 Å². The lowest BCUT2D eigenvalue weighted by atomic mass is 9.97. The minimum atomic E-state index is -3.95. The number of anilines is 1. The number of amides is 3. The summed E-state index contributed by atoms with van der Waals surface area (Å²) < 4.78 is 34.1. The quantitative estimate of drug-likeness (QED) is 0.342. The first-order chi connectivity index (χ1) is 20.9. The Labute approximate surface area is 259 Å². The molecule has 0 bridgehead atoms. The van der Waals surface area contributed by atoms with Gasteiger partial charge in [0.1, 0.15) is 5.60 Å². The molecule has 234 valence electrons. The highest BCUT2D eigenvalue weighted by Gasteiger charge is 2.28. The number of hydrogen-bond acceptors (Lipinski definition) is 6. The normalized spacial score (nSPS) is 14.0. The second kappa shape index (κ2) is 14.4. The van der Waals surface area contributed by atoms with Gasteiger partial charge >= 0.3 is 6.09 Å². The Balaban J connectivity index is 1.28. The van der Waals surface area contributed by atoms with Crippen molar-refractivity contribution in [3.63, 3.8) is 0 Å². The van der Waals surface area contributed by atoms with Gasteiger partial charge in [0, 0.05) is 25.2 Å². The van der Waals surface area contributed by atoms with Gasteiger partial charge in [-0.1, -0.05) is 48.5 Å². The van der Waals surface area contributed by atoms with Crippen molar-refractivity contribution in [3.8, 4) is 0 Å². The molecule has 0 radical (unpaired) electrons. The first-order valence-corrected chi connectivity index (χ1v) is 16.1. The summed E-state index contributed by atoms with van der Waals surface area (Å²) in [6, 6.07) is 23.8. The summed E-state index contributed by atoms with van der Waals surface area (Å²) >= 11 is 0. The van der Waals surface area contributed by atoms with Crippen molar-refractivity contribution >= 4 is 33.6 Å². The molecule has 44 heavy (non-hydrogen) atoms. The molecule has 0 spiro atoms. The number of ether oxygens (including phenoxy) is 1. The molecule has 11 heteroatoms. The predicted molar refractivity (Wildman–Crippen MR) is 169 cm³/mol. The SMILES string of the molecule is CC(C)(C)OC(=O)N1CCC(CNC(=O)CNC(=O)c2ccc(S(=O)(=O)N(Cc3ccccc3)c3ccccc3)cc2)CC1. The van der Waals surface area contributed by atoms with Crippen LogP contribution in [0.3, 0.4) is 0 Å². The number of benzene rings is 3. The third-order valence-corrected chi connectivity index (χ3v) is 8.97. The summed E-state index contributed by atoms with van der Waals surface area (Å²) in [7, 11) is -3.95. The van der Waals surface area contributed by atoms with Crippen LogP contribution in [0.1, 0.15) is 49.5 Å². The van der Waals surface area contributed by atoms with Crippen LogP contribution in [-0.4, -0.2) is 63.0 Å². The lowest BCUT2D eigenvalue weighted by Crippen LogP contribution is -2.44. The van der Waals surface area contributed by atoms with E-state index in [0.29, 0.717) is 25.3 Å². The summed E-state index contributed by atoms with van der Waals surface area (Å²) in [5.74, 6) is -0.592. The van der Waals surface area contributed by atoms with Crippen molar-refractivity contribution in [2.45, 2.75) is 50.7 Å². The predicted octanol–water partition coefficient (Wildman–Crippen LogP) is 4.58. The van der Waals surface area contributed by atoms with Crippen molar-refractivity contribution in [2.24, 2.45) is 5.92 Å². The van der Waals surface area contributed by atoms with E-state index < -0.39 is 21.5 Å². The average molecular weight is 621 g/mol. The monoisotopic (exact) mass is 620 g/mol. The van der Waals surface area contributed by atoms with Crippen LogP contribution in [0.15, 0.2) is 89.8 Å². The maximum atomic E-state index is 13.7. The number of nitrogens with zero attached hydrogens (tertiary/aromatic N) is 2. The van der Waals surface area contributed by atoms with E-state index in [9.17, 15) is 22.8 Å². The maximum Gasteiger partial charge on any atom is 0.410 e. The molecule has 1 fully saturated rings. The highest BCUT2D eigenvalue weighted by atomic mass is 32.2. The van der Waals surface area contributed by atoms with E-state index in [1.54, 1.807) is 29.2 Å². The lowest BCUT2D eigenvalue weighted by molar-refractivity contribution is -0.120. The number of carbonyl (C=O) groups is 3. The summed E-state index contributed by atoms with van der Waals surface area (Å²) in [4.78, 5) is 39.1. The Morgan fingerprint density at radius 3 is 2.05 bits per heavy atom. The minimum absolute atomic E-state index is 0.0456. The standard InChI is InChI=1S/C33H40N4O6S/c1-33(2,3)43-32(40)36-20-18-25(19-21-36)22-34-30(38)23-35-31(39)27-14-16-29(17-15-27)44(41,42)37(28-12-8-5-9-13-28)24-26-10-6-4-7-11-26/h4-17,25H,18-24H2,1-3H3,(H,34,38)(H,35,39). The van der Waals surface area contributed by atoms with Crippen LogP contribution in [0, 0.1) is 5.92 Å². The van der Waals surface area contributed by atoms with Gasteiger partial charge in [-0.15, -0.1) is 0 Å². The Hall–Kier alpha value is -4.38. The number of piperidine rings is 1. The molecule has 0 aliphatic carbocycles. The maximum absolute atomic E-state index is 13.7. The number of carbonyl (C=O) groups excluding carboxylic acids is 3. The fourth-order valence-electron chi connectivity index (χ4n) is 4.79. The van der Waals surface area contributed by atoms with Gasteiger partial charge in [-0.3, -0.25) is 13.9 Å². The van der Waals surface area contributed by atoms with E-state index in [0.717, 1.165) is 18.4 Å². The summed E-state index contributed by atoms with van der Waals surface area (Å²) in [6.07, 6.45) is 1.16. The third-order valence-electron chi connectivity index (χ3n) is 7.18. The molecule has 1 saturated heterocycles. The van der Waals surface area contributed by atoms with E-state index >= 15 is 0 Å². The van der Waals surface area contributed by atoms with Gasteiger partial charge in [-0.25, -0.2) is 13.2 Å². The Bertz CT molecular complexity index is 1520. The molecule has 1 aliphatic rings. The summed E-state index contributed by atoms with van der Waals surface area (Å²) in [5, 5.41) is 5.43. The fourth-order valence-corrected chi connectivity index (χ4v) is 6.25. The van der Waals surface area contributed by atoms with Gasteiger partial charge in [0.15, 0.2) is 0 Å². The van der Waals surface area contributed by atoms with Gasteiger partial charge in [0.25, 0.3) is 15.9 Å². The molecule has 0 aromatic heterocycles. The zero-order valence-electron chi connectivity index (χ0n) is 25.4. The summed E-state index contributed by atoms with van der Waals surface area (Å²) in [6.45, 7) is 7.00. The molecule has 0 atom stereocenters. The molecular formula is C33H40N4O6S. The average Bonchev–Trinajstić information content (AvgIpc) is 3.01. The second-order valence-electron chi connectivity index (χ2n) is 11.8. The van der Waals surface area contributed by atoms with Gasteiger partial charge in [0.05, 0.1) is 23.7 Å². The van der Waals surface area contributed by atoms with Crippen LogP contribution in [0.25, 0.3) is 0 Å². The fraction of sp³-hybridized carbons (Fsp3) is 0.364. The van der Waals surface area contributed by atoms with Gasteiger partial charge in [-0.2, -0.15) is 0 Å².